The summed E-state index contributed by atoms with van der Waals surface area (Å²) in [6, 6.07) is 17.6. The number of hydrogen-bond donors (Lipinski definition) is 2. The van der Waals surface area contributed by atoms with E-state index in [4.69, 9.17) is 4.74 Å². The average Bonchev–Trinajstić information content (AvgIpc) is 3.44. The first-order chi connectivity index (χ1) is 19.5. The number of amides is 1. The fourth-order valence-corrected chi connectivity index (χ4v) is 6.03. The molecule has 0 bridgehead atoms. The fraction of sp³-hybridized carbons (Fsp3) is 0.400. The maximum atomic E-state index is 13.6. The maximum Gasteiger partial charge on any atom is 0.264 e. The molecule has 1 amide bonds. The molecule has 0 radical (unpaired) electrons. The highest BCUT2D eigenvalue weighted by Gasteiger charge is 2.39. The van der Waals surface area contributed by atoms with Gasteiger partial charge >= 0.3 is 0 Å². The summed E-state index contributed by atoms with van der Waals surface area (Å²) in [5.74, 6) is 0.941. The van der Waals surface area contributed by atoms with Crippen LogP contribution in [0.3, 0.4) is 0 Å². The molecular formula is C30H34N6O4. The van der Waals surface area contributed by atoms with Crippen LogP contribution < -0.4 is 15.6 Å². The zero-order valence-corrected chi connectivity index (χ0v) is 22.6. The first-order valence-corrected chi connectivity index (χ1v) is 13.8. The number of fused-ring (bicyclic) bond motifs is 1. The van der Waals surface area contributed by atoms with E-state index < -0.39 is 5.60 Å². The zero-order valence-electron chi connectivity index (χ0n) is 22.6. The number of ether oxygens (including phenoxy) is 1. The molecule has 6 rings (SSSR count). The first-order valence-electron chi connectivity index (χ1n) is 13.8. The van der Waals surface area contributed by atoms with Crippen LogP contribution in [0, 0.1) is 5.92 Å². The number of aliphatic hydroxyl groups is 1. The third kappa shape index (κ3) is 5.00. The van der Waals surface area contributed by atoms with E-state index in [0.29, 0.717) is 37.0 Å². The standard InChI is InChI=1S/C30H34N6O4/c1-40-23-9-7-22(8-10-23)36-27-26(18-33-36)29(38)35(20-32-27)19-30(39)12-15-34(16-13-30)28(37)24-11-14-31-17-25(24)21-5-3-2-4-6-21/h2-10,18,20,24-25,31,39H,11-17,19H2,1H3/t24-,25+/m1/s1. The number of methoxy groups -OCH3 is 1. The van der Waals surface area contributed by atoms with E-state index in [-0.39, 0.29) is 29.8 Å². The molecule has 0 unspecified atom stereocenters. The van der Waals surface area contributed by atoms with Crippen molar-refractivity contribution in [2.45, 2.75) is 37.3 Å². The number of aromatic nitrogens is 4. The second kappa shape index (κ2) is 10.9. The smallest absolute Gasteiger partial charge is 0.264 e. The Balaban J connectivity index is 1.14. The lowest BCUT2D eigenvalue weighted by Gasteiger charge is -2.41. The van der Waals surface area contributed by atoms with Crippen molar-refractivity contribution in [3.05, 3.63) is 83.0 Å². The van der Waals surface area contributed by atoms with Crippen molar-refractivity contribution < 1.29 is 14.6 Å². The second-order valence-corrected chi connectivity index (χ2v) is 10.8. The van der Waals surface area contributed by atoms with Crippen LogP contribution in [0.15, 0.2) is 71.9 Å². The molecule has 4 heterocycles. The molecule has 2 fully saturated rings. The Morgan fingerprint density at radius 3 is 2.60 bits per heavy atom. The van der Waals surface area contributed by atoms with Gasteiger partial charge in [0.05, 0.1) is 31.1 Å². The van der Waals surface area contributed by atoms with E-state index >= 15 is 0 Å². The quantitative estimate of drug-likeness (QED) is 0.384. The number of likely N-dealkylation sites (tertiary alicyclic amines) is 1. The molecule has 2 aromatic heterocycles. The van der Waals surface area contributed by atoms with Crippen molar-refractivity contribution in [3.63, 3.8) is 0 Å². The SMILES string of the molecule is COc1ccc(-n2ncc3c(=O)n(CC4(O)CCN(C(=O)[C@@H]5CCNC[C@H]5c5ccccc5)CC4)cnc32)cc1. The van der Waals surface area contributed by atoms with Crippen molar-refractivity contribution in [1.29, 1.82) is 0 Å². The summed E-state index contributed by atoms with van der Waals surface area (Å²) in [6.07, 6.45) is 4.58. The molecule has 4 aromatic rings. The molecule has 0 aliphatic carbocycles. The Hall–Kier alpha value is -4.02. The molecule has 2 N–H and O–H groups in total. The summed E-state index contributed by atoms with van der Waals surface area (Å²) >= 11 is 0. The summed E-state index contributed by atoms with van der Waals surface area (Å²) < 4.78 is 8.29. The summed E-state index contributed by atoms with van der Waals surface area (Å²) in [7, 11) is 1.60. The maximum absolute atomic E-state index is 13.6. The summed E-state index contributed by atoms with van der Waals surface area (Å²) in [5, 5.41) is 19.6. The minimum absolute atomic E-state index is 0.0775. The normalized spacial score (nSPS) is 20.9. The number of nitrogens with one attached hydrogen (secondary N) is 1. The van der Waals surface area contributed by atoms with E-state index in [1.807, 2.05) is 47.4 Å². The van der Waals surface area contributed by atoms with Crippen LogP contribution in [-0.2, 0) is 11.3 Å². The van der Waals surface area contributed by atoms with Crippen molar-refractivity contribution in [1.82, 2.24) is 29.5 Å². The fourth-order valence-electron chi connectivity index (χ4n) is 6.03. The predicted octanol–water partition coefficient (Wildman–Crippen LogP) is 2.34. The Morgan fingerprint density at radius 2 is 1.88 bits per heavy atom. The van der Waals surface area contributed by atoms with E-state index in [0.717, 1.165) is 30.9 Å². The van der Waals surface area contributed by atoms with Gasteiger partial charge < -0.3 is 20.1 Å². The lowest BCUT2D eigenvalue weighted by Crippen LogP contribution is -2.52. The van der Waals surface area contributed by atoms with Crippen molar-refractivity contribution in [2.24, 2.45) is 5.92 Å². The number of nitrogens with zero attached hydrogens (tertiary/aromatic N) is 5. The van der Waals surface area contributed by atoms with Crippen molar-refractivity contribution in [3.8, 4) is 11.4 Å². The molecule has 2 saturated heterocycles. The highest BCUT2D eigenvalue weighted by Crippen LogP contribution is 2.33. The average molecular weight is 543 g/mol. The monoisotopic (exact) mass is 542 g/mol. The van der Waals surface area contributed by atoms with Gasteiger partial charge in [-0.3, -0.25) is 14.2 Å². The van der Waals surface area contributed by atoms with Gasteiger partial charge in [0, 0.05) is 31.5 Å². The topological polar surface area (TPSA) is 115 Å². The van der Waals surface area contributed by atoms with Gasteiger partial charge in [-0.05, 0) is 55.6 Å². The molecule has 10 heteroatoms. The number of hydrogen-bond acceptors (Lipinski definition) is 7. The molecular weight excluding hydrogens is 508 g/mol. The van der Waals surface area contributed by atoms with Gasteiger partial charge in [0.25, 0.3) is 5.56 Å². The van der Waals surface area contributed by atoms with Crippen LogP contribution in [0.5, 0.6) is 5.75 Å². The van der Waals surface area contributed by atoms with Crippen LogP contribution in [0.1, 0.15) is 30.7 Å². The molecule has 0 spiro atoms. The lowest BCUT2D eigenvalue weighted by molar-refractivity contribution is -0.141. The van der Waals surface area contributed by atoms with Gasteiger partial charge in [-0.1, -0.05) is 30.3 Å². The molecule has 2 aromatic carbocycles. The number of benzene rings is 2. The molecule has 40 heavy (non-hydrogen) atoms. The molecule has 0 saturated carbocycles. The third-order valence-electron chi connectivity index (χ3n) is 8.37. The van der Waals surface area contributed by atoms with Crippen LogP contribution >= 0.6 is 0 Å². The van der Waals surface area contributed by atoms with E-state index in [1.54, 1.807) is 11.8 Å². The number of rotatable bonds is 6. The van der Waals surface area contributed by atoms with Gasteiger partial charge in [0.15, 0.2) is 5.65 Å². The van der Waals surface area contributed by atoms with Crippen LogP contribution in [-0.4, -0.2) is 74.1 Å². The van der Waals surface area contributed by atoms with Gasteiger partial charge in [0.1, 0.15) is 17.5 Å². The minimum atomic E-state index is -1.10. The zero-order chi connectivity index (χ0) is 27.7. The molecule has 2 aliphatic rings. The van der Waals surface area contributed by atoms with Gasteiger partial charge in [-0.2, -0.15) is 5.10 Å². The van der Waals surface area contributed by atoms with Crippen molar-refractivity contribution >= 4 is 16.9 Å². The molecule has 10 nitrogen and oxygen atoms in total. The molecule has 2 atom stereocenters. The predicted molar refractivity (Wildman–Crippen MR) is 151 cm³/mol. The summed E-state index contributed by atoms with van der Waals surface area (Å²) in [5.41, 5.74) is 1.04. The van der Waals surface area contributed by atoms with Crippen LogP contribution in [0.25, 0.3) is 16.7 Å². The minimum Gasteiger partial charge on any atom is -0.497 e. The third-order valence-corrected chi connectivity index (χ3v) is 8.37. The number of carbonyl (C=O) groups is 1. The van der Waals surface area contributed by atoms with E-state index in [2.05, 4.69) is 27.5 Å². The highest BCUT2D eigenvalue weighted by atomic mass is 16.5. The van der Waals surface area contributed by atoms with Gasteiger partial charge in [-0.15, -0.1) is 0 Å². The van der Waals surface area contributed by atoms with Gasteiger partial charge in [-0.25, -0.2) is 9.67 Å². The second-order valence-electron chi connectivity index (χ2n) is 10.8. The molecule has 2 aliphatic heterocycles. The summed E-state index contributed by atoms with van der Waals surface area (Å²) in [4.78, 5) is 33.3. The largest absolute Gasteiger partial charge is 0.497 e. The summed E-state index contributed by atoms with van der Waals surface area (Å²) in [6.45, 7) is 2.64. The molecule has 208 valence electrons. The Kier molecular flexibility index (Phi) is 7.12. The Bertz CT molecular complexity index is 1540. The van der Waals surface area contributed by atoms with E-state index in [9.17, 15) is 14.7 Å². The van der Waals surface area contributed by atoms with Crippen LogP contribution in [0.2, 0.25) is 0 Å². The highest BCUT2D eigenvalue weighted by molar-refractivity contribution is 5.80. The van der Waals surface area contributed by atoms with E-state index in [1.165, 1.54) is 22.7 Å². The first kappa shape index (κ1) is 26.2. The van der Waals surface area contributed by atoms with Gasteiger partial charge in [0.2, 0.25) is 5.91 Å². The number of carbonyl (C=O) groups excluding carboxylic acids is 1. The number of piperidine rings is 2. The lowest BCUT2D eigenvalue weighted by atomic mass is 9.80. The van der Waals surface area contributed by atoms with Crippen molar-refractivity contribution in [2.75, 3.05) is 33.3 Å². The Morgan fingerprint density at radius 1 is 1.12 bits per heavy atom. The van der Waals surface area contributed by atoms with Crippen LogP contribution in [0.4, 0.5) is 0 Å². The Labute approximate surface area is 232 Å².